The maximum absolute atomic E-state index is 4.70. The lowest BCUT2D eigenvalue weighted by Gasteiger charge is -2.37. The molecule has 2 atom stereocenters. The molecule has 8 nitrogen and oxygen atoms in total. The molecule has 4 aromatic rings. The summed E-state index contributed by atoms with van der Waals surface area (Å²) in [6, 6.07) is 19.4. The van der Waals surface area contributed by atoms with Gasteiger partial charge < -0.3 is 10.6 Å². The Kier molecular flexibility index (Phi) is 7.25. The van der Waals surface area contributed by atoms with Gasteiger partial charge in [0.1, 0.15) is 23.2 Å². The fraction of sp³-hybridized carbons (Fsp3) is 0.321. The van der Waals surface area contributed by atoms with E-state index in [2.05, 4.69) is 73.6 Å². The molecule has 36 heavy (non-hydrogen) atoms. The van der Waals surface area contributed by atoms with Crippen LogP contribution in [0, 0.1) is 6.92 Å². The molecule has 0 spiro atoms. The molecule has 1 aliphatic rings. The summed E-state index contributed by atoms with van der Waals surface area (Å²) >= 11 is 0. The van der Waals surface area contributed by atoms with Crippen LogP contribution >= 0.6 is 0 Å². The molecule has 0 amide bonds. The number of hydrogen-bond donors (Lipinski definition) is 2. The van der Waals surface area contributed by atoms with Crippen molar-refractivity contribution in [1.29, 1.82) is 0 Å². The number of piperazine rings is 1. The fourth-order valence-electron chi connectivity index (χ4n) is 4.40. The summed E-state index contributed by atoms with van der Waals surface area (Å²) in [5.41, 5.74) is 4.19. The molecule has 1 fully saturated rings. The molecular formula is C28H32N8. The maximum Gasteiger partial charge on any atom is 0.180 e. The molecule has 5 rings (SSSR count). The zero-order valence-electron chi connectivity index (χ0n) is 21.0. The van der Waals surface area contributed by atoms with Crippen LogP contribution < -0.4 is 10.6 Å². The van der Waals surface area contributed by atoms with Crippen LogP contribution in [-0.4, -0.2) is 55.0 Å². The van der Waals surface area contributed by atoms with E-state index in [0.29, 0.717) is 36.0 Å². The summed E-state index contributed by atoms with van der Waals surface area (Å²) in [5, 5.41) is 6.82. The van der Waals surface area contributed by atoms with Crippen LogP contribution in [0.15, 0.2) is 67.0 Å². The predicted molar refractivity (Wildman–Crippen MR) is 142 cm³/mol. The maximum atomic E-state index is 4.70. The molecule has 8 heteroatoms. The summed E-state index contributed by atoms with van der Waals surface area (Å²) in [6.45, 7) is 9.58. The number of rotatable bonds is 7. The number of nitrogens with zero attached hydrogens (tertiary/aromatic N) is 6. The highest BCUT2D eigenvalue weighted by atomic mass is 15.2. The van der Waals surface area contributed by atoms with E-state index in [1.807, 2.05) is 37.3 Å². The molecule has 0 unspecified atom stereocenters. The van der Waals surface area contributed by atoms with E-state index in [9.17, 15) is 0 Å². The zero-order valence-corrected chi connectivity index (χ0v) is 21.0. The van der Waals surface area contributed by atoms with Crippen LogP contribution in [0.5, 0.6) is 0 Å². The van der Waals surface area contributed by atoms with Gasteiger partial charge in [0.15, 0.2) is 5.82 Å². The molecule has 2 N–H and O–H groups in total. The number of benzene rings is 1. The van der Waals surface area contributed by atoms with Gasteiger partial charge in [0.05, 0.1) is 0 Å². The van der Waals surface area contributed by atoms with Crippen LogP contribution in [0.4, 0.5) is 11.6 Å². The van der Waals surface area contributed by atoms with Crippen molar-refractivity contribution in [3.8, 4) is 11.5 Å². The Balaban J connectivity index is 1.23. The first kappa shape index (κ1) is 24.0. The van der Waals surface area contributed by atoms with Gasteiger partial charge in [-0.15, -0.1) is 0 Å². The molecule has 0 bridgehead atoms. The van der Waals surface area contributed by atoms with E-state index in [-0.39, 0.29) is 0 Å². The van der Waals surface area contributed by atoms with Crippen LogP contribution in [0.2, 0.25) is 0 Å². The van der Waals surface area contributed by atoms with E-state index in [1.54, 1.807) is 12.4 Å². The topological polar surface area (TPSA) is 91.8 Å². The van der Waals surface area contributed by atoms with Crippen molar-refractivity contribution in [1.82, 2.24) is 35.1 Å². The van der Waals surface area contributed by atoms with E-state index < -0.39 is 0 Å². The Hall–Kier alpha value is -3.75. The van der Waals surface area contributed by atoms with Gasteiger partial charge in [-0.2, -0.15) is 0 Å². The minimum absolute atomic E-state index is 0.534. The smallest absolute Gasteiger partial charge is 0.180 e. The Morgan fingerprint density at radius 2 is 1.64 bits per heavy atom. The van der Waals surface area contributed by atoms with Crippen molar-refractivity contribution in [3.05, 3.63) is 89.6 Å². The van der Waals surface area contributed by atoms with Gasteiger partial charge in [-0.25, -0.2) is 24.9 Å². The number of anilines is 2. The molecule has 0 aliphatic carbocycles. The van der Waals surface area contributed by atoms with E-state index in [4.69, 9.17) is 4.98 Å². The monoisotopic (exact) mass is 480 g/mol. The molecule has 4 heterocycles. The number of nitrogens with one attached hydrogen (secondary N) is 2. The third kappa shape index (κ3) is 6.08. The predicted octanol–water partition coefficient (Wildman–Crippen LogP) is 4.15. The molecule has 1 aromatic carbocycles. The quantitative estimate of drug-likeness (QED) is 0.408. The largest absolute Gasteiger partial charge is 0.325 e. The molecule has 3 aromatic heterocycles. The van der Waals surface area contributed by atoms with E-state index in [0.717, 1.165) is 36.8 Å². The van der Waals surface area contributed by atoms with Gasteiger partial charge >= 0.3 is 0 Å². The summed E-state index contributed by atoms with van der Waals surface area (Å²) in [5.74, 6) is 2.68. The third-order valence-electron chi connectivity index (χ3n) is 6.40. The SMILES string of the molecule is Cc1cccc(-c2nccc(Nc3ccnc(Cc4ccc(CN5C[C@H](C)NC[C@H]5C)cc4)n3)n2)n1. The van der Waals surface area contributed by atoms with Gasteiger partial charge in [0.25, 0.3) is 0 Å². The summed E-state index contributed by atoms with van der Waals surface area (Å²) in [4.78, 5) is 25.2. The second kappa shape index (κ2) is 10.9. The Labute approximate surface area is 212 Å². The van der Waals surface area contributed by atoms with Crippen LogP contribution in [0.1, 0.15) is 36.5 Å². The minimum Gasteiger partial charge on any atom is -0.325 e. The van der Waals surface area contributed by atoms with Crippen molar-refractivity contribution in [3.63, 3.8) is 0 Å². The Morgan fingerprint density at radius 3 is 2.44 bits per heavy atom. The second-order valence-corrected chi connectivity index (χ2v) is 9.49. The standard InChI is InChI=1S/C28H32N8/c1-19-5-4-6-24(32-19)28-30-14-12-26(35-28)33-25-11-13-29-27(34-25)15-22-7-9-23(10-8-22)18-36-17-20(2)31-16-21(36)3/h4-14,20-21,31H,15-18H2,1-3H3,(H,29,30,33,34,35)/t20-,21+/m0/s1. The first-order valence-electron chi connectivity index (χ1n) is 12.4. The average molecular weight is 481 g/mol. The van der Waals surface area contributed by atoms with Crippen molar-refractivity contribution < 1.29 is 0 Å². The van der Waals surface area contributed by atoms with Gasteiger partial charge in [-0.3, -0.25) is 4.90 Å². The molecule has 1 aliphatic heterocycles. The Bertz CT molecular complexity index is 1310. The summed E-state index contributed by atoms with van der Waals surface area (Å²) in [6.07, 6.45) is 4.16. The first-order chi connectivity index (χ1) is 17.5. The summed E-state index contributed by atoms with van der Waals surface area (Å²) < 4.78 is 0. The van der Waals surface area contributed by atoms with Crippen LogP contribution in [0.3, 0.4) is 0 Å². The lowest BCUT2D eigenvalue weighted by molar-refractivity contribution is 0.139. The Morgan fingerprint density at radius 1 is 0.889 bits per heavy atom. The number of aryl methyl sites for hydroxylation is 1. The molecule has 0 saturated carbocycles. The van der Waals surface area contributed by atoms with Crippen molar-refractivity contribution >= 4 is 11.6 Å². The molecule has 184 valence electrons. The number of pyridine rings is 1. The molecule has 1 saturated heterocycles. The number of hydrogen-bond acceptors (Lipinski definition) is 8. The highest BCUT2D eigenvalue weighted by Crippen LogP contribution is 2.18. The van der Waals surface area contributed by atoms with Crippen LogP contribution in [-0.2, 0) is 13.0 Å². The van der Waals surface area contributed by atoms with Crippen molar-refractivity contribution in [2.45, 2.75) is 45.8 Å². The van der Waals surface area contributed by atoms with Crippen molar-refractivity contribution in [2.75, 3.05) is 18.4 Å². The molecular weight excluding hydrogens is 448 g/mol. The van der Waals surface area contributed by atoms with E-state index >= 15 is 0 Å². The zero-order chi connectivity index (χ0) is 24.9. The first-order valence-corrected chi connectivity index (χ1v) is 12.4. The highest BCUT2D eigenvalue weighted by Gasteiger charge is 2.22. The second-order valence-electron chi connectivity index (χ2n) is 9.49. The fourth-order valence-corrected chi connectivity index (χ4v) is 4.40. The van der Waals surface area contributed by atoms with Gasteiger partial charge in [0, 0.05) is 56.2 Å². The van der Waals surface area contributed by atoms with Gasteiger partial charge in [-0.05, 0) is 56.2 Å². The summed E-state index contributed by atoms with van der Waals surface area (Å²) in [7, 11) is 0. The highest BCUT2D eigenvalue weighted by molar-refractivity contribution is 5.56. The average Bonchev–Trinajstić information content (AvgIpc) is 2.88. The lowest BCUT2D eigenvalue weighted by atomic mass is 10.1. The third-order valence-corrected chi connectivity index (χ3v) is 6.40. The minimum atomic E-state index is 0.534. The van der Waals surface area contributed by atoms with Gasteiger partial charge in [-0.1, -0.05) is 30.3 Å². The normalized spacial score (nSPS) is 18.2. The van der Waals surface area contributed by atoms with Crippen molar-refractivity contribution in [2.24, 2.45) is 0 Å². The van der Waals surface area contributed by atoms with Gasteiger partial charge in [0.2, 0.25) is 0 Å². The molecule has 0 radical (unpaired) electrons. The van der Waals surface area contributed by atoms with Crippen LogP contribution in [0.25, 0.3) is 11.5 Å². The lowest BCUT2D eigenvalue weighted by Crippen LogP contribution is -2.53. The number of aromatic nitrogens is 5. The van der Waals surface area contributed by atoms with E-state index in [1.165, 1.54) is 11.1 Å².